The Bertz CT molecular complexity index is 730. The zero-order valence-corrected chi connectivity index (χ0v) is 12.4. The first-order chi connectivity index (χ1) is 9.63. The molecule has 0 spiro atoms. The second-order valence-electron chi connectivity index (χ2n) is 4.68. The molecular weight excluding hydrogens is 293 g/mol. The van der Waals surface area contributed by atoms with Crippen LogP contribution < -0.4 is 0 Å². The fourth-order valence-electron chi connectivity index (χ4n) is 2.19. The SMILES string of the molecule is Cc1[nH]c(Cc2cc[nH]c2)nc1-c1ccc(Cl)c(Cl)c1. The van der Waals surface area contributed by atoms with Gasteiger partial charge in [0.05, 0.1) is 15.7 Å². The Balaban J connectivity index is 1.94. The second kappa shape index (κ2) is 5.35. The Morgan fingerprint density at radius 2 is 2.00 bits per heavy atom. The van der Waals surface area contributed by atoms with Gasteiger partial charge in [-0.3, -0.25) is 0 Å². The van der Waals surface area contributed by atoms with Gasteiger partial charge in [-0.2, -0.15) is 0 Å². The summed E-state index contributed by atoms with van der Waals surface area (Å²) in [6.07, 6.45) is 4.65. The van der Waals surface area contributed by atoms with Gasteiger partial charge < -0.3 is 9.97 Å². The van der Waals surface area contributed by atoms with Gasteiger partial charge in [-0.25, -0.2) is 4.98 Å². The third kappa shape index (κ3) is 2.60. The van der Waals surface area contributed by atoms with Gasteiger partial charge in [0.2, 0.25) is 0 Å². The summed E-state index contributed by atoms with van der Waals surface area (Å²) in [5.74, 6) is 0.933. The van der Waals surface area contributed by atoms with E-state index in [4.69, 9.17) is 23.2 Å². The lowest BCUT2D eigenvalue weighted by molar-refractivity contribution is 1.02. The summed E-state index contributed by atoms with van der Waals surface area (Å²) in [6.45, 7) is 2.01. The Labute approximate surface area is 127 Å². The number of aromatic nitrogens is 3. The standard InChI is InChI=1S/C15H13Cl2N3/c1-9-15(11-2-3-12(16)13(17)7-11)20-14(19-9)6-10-4-5-18-8-10/h2-5,7-8,18H,6H2,1H3,(H,19,20). The van der Waals surface area contributed by atoms with Gasteiger partial charge in [-0.15, -0.1) is 0 Å². The van der Waals surface area contributed by atoms with Gasteiger partial charge in [0.25, 0.3) is 0 Å². The molecule has 2 N–H and O–H groups in total. The predicted octanol–water partition coefficient (Wildman–Crippen LogP) is 4.61. The molecule has 20 heavy (non-hydrogen) atoms. The molecule has 0 aliphatic carbocycles. The molecule has 1 aromatic carbocycles. The van der Waals surface area contributed by atoms with Crippen LogP contribution in [0, 0.1) is 6.92 Å². The van der Waals surface area contributed by atoms with Gasteiger partial charge in [0.15, 0.2) is 0 Å². The van der Waals surface area contributed by atoms with E-state index in [-0.39, 0.29) is 0 Å². The number of imidazole rings is 1. The summed E-state index contributed by atoms with van der Waals surface area (Å²) >= 11 is 12.0. The van der Waals surface area contributed by atoms with Crippen LogP contribution in [-0.2, 0) is 6.42 Å². The zero-order chi connectivity index (χ0) is 14.1. The number of aryl methyl sites for hydroxylation is 1. The first-order valence-corrected chi connectivity index (χ1v) is 7.01. The average molecular weight is 306 g/mol. The van der Waals surface area contributed by atoms with Crippen molar-refractivity contribution in [3.63, 3.8) is 0 Å². The number of H-pyrrole nitrogens is 2. The minimum absolute atomic E-state index is 0.541. The predicted molar refractivity (Wildman–Crippen MR) is 82.4 cm³/mol. The number of rotatable bonds is 3. The van der Waals surface area contributed by atoms with Crippen molar-refractivity contribution in [2.45, 2.75) is 13.3 Å². The first kappa shape index (κ1) is 13.3. The summed E-state index contributed by atoms with van der Waals surface area (Å²) in [5.41, 5.74) is 4.09. The Morgan fingerprint density at radius 1 is 1.15 bits per heavy atom. The van der Waals surface area contributed by atoms with E-state index in [2.05, 4.69) is 15.0 Å². The van der Waals surface area contributed by atoms with E-state index in [1.807, 2.05) is 37.5 Å². The van der Waals surface area contributed by atoms with Crippen LogP contribution in [0.5, 0.6) is 0 Å². The quantitative estimate of drug-likeness (QED) is 0.729. The Hall–Kier alpha value is -1.71. The highest BCUT2D eigenvalue weighted by Gasteiger charge is 2.11. The van der Waals surface area contributed by atoms with E-state index >= 15 is 0 Å². The van der Waals surface area contributed by atoms with Crippen LogP contribution in [0.4, 0.5) is 0 Å². The molecule has 0 fully saturated rings. The number of nitrogens with one attached hydrogen (secondary N) is 2. The second-order valence-corrected chi connectivity index (χ2v) is 5.50. The van der Waals surface area contributed by atoms with Crippen molar-refractivity contribution in [3.05, 3.63) is 63.8 Å². The van der Waals surface area contributed by atoms with E-state index in [0.717, 1.165) is 29.2 Å². The molecule has 102 valence electrons. The average Bonchev–Trinajstić information content (AvgIpc) is 3.03. The highest BCUT2D eigenvalue weighted by atomic mass is 35.5. The molecule has 2 heterocycles. The van der Waals surface area contributed by atoms with Crippen LogP contribution in [0.2, 0.25) is 10.0 Å². The molecule has 5 heteroatoms. The van der Waals surface area contributed by atoms with E-state index in [9.17, 15) is 0 Å². The Kier molecular flexibility index (Phi) is 3.55. The number of halogens is 2. The lowest BCUT2D eigenvalue weighted by Crippen LogP contribution is -1.88. The van der Waals surface area contributed by atoms with Crippen molar-refractivity contribution < 1.29 is 0 Å². The van der Waals surface area contributed by atoms with Crippen molar-refractivity contribution in [2.24, 2.45) is 0 Å². The van der Waals surface area contributed by atoms with Gasteiger partial charge >= 0.3 is 0 Å². The molecule has 0 unspecified atom stereocenters. The summed E-state index contributed by atoms with van der Waals surface area (Å²) in [7, 11) is 0. The van der Waals surface area contributed by atoms with E-state index in [0.29, 0.717) is 10.0 Å². The molecule has 0 amide bonds. The third-order valence-electron chi connectivity index (χ3n) is 3.16. The monoisotopic (exact) mass is 305 g/mol. The van der Waals surface area contributed by atoms with E-state index < -0.39 is 0 Å². The lowest BCUT2D eigenvalue weighted by atomic mass is 10.1. The highest BCUT2D eigenvalue weighted by Crippen LogP contribution is 2.29. The molecule has 0 saturated heterocycles. The normalized spacial score (nSPS) is 10.9. The molecule has 3 nitrogen and oxygen atoms in total. The van der Waals surface area contributed by atoms with Gasteiger partial charge in [-0.1, -0.05) is 29.3 Å². The lowest BCUT2D eigenvalue weighted by Gasteiger charge is -2.01. The molecule has 3 aromatic rings. The zero-order valence-electron chi connectivity index (χ0n) is 10.9. The summed E-state index contributed by atoms with van der Waals surface area (Å²) < 4.78 is 0. The van der Waals surface area contributed by atoms with Gasteiger partial charge in [0, 0.05) is 30.1 Å². The fraction of sp³-hybridized carbons (Fsp3) is 0.133. The van der Waals surface area contributed by atoms with Crippen LogP contribution in [0.25, 0.3) is 11.3 Å². The number of hydrogen-bond acceptors (Lipinski definition) is 1. The molecule has 0 atom stereocenters. The molecule has 3 rings (SSSR count). The topological polar surface area (TPSA) is 44.5 Å². The number of aromatic amines is 2. The summed E-state index contributed by atoms with van der Waals surface area (Å²) in [4.78, 5) is 11.0. The molecule has 2 aromatic heterocycles. The smallest absolute Gasteiger partial charge is 0.111 e. The highest BCUT2D eigenvalue weighted by molar-refractivity contribution is 6.42. The first-order valence-electron chi connectivity index (χ1n) is 6.26. The number of benzene rings is 1. The maximum Gasteiger partial charge on any atom is 0.111 e. The molecule has 0 radical (unpaired) electrons. The number of nitrogens with zero attached hydrogens (tertiary/aromatic N) is 1. The maximum atomic E-state index is 6.06. The van der Waals surface area contributed by atoms with Crippen molar-refractivity contribution >= 4 is 23.2 Å². The third-order valence-corrected chi connectivity index (χ3v) is 3.90. The van der Waals surface area contributed by atoms with E-state index in [1.165, 1.54) is 5.56 Å². The maximum absolute atomic E-state index is 6.06. The van der Waals surface area contributed by atoms with E-state index in [1.54, 1.807) is 6.07 Å². The molecule has 0 bridgehead atoms. The largest absolute Gasteiger partial charge is 0.367 e. The van der Waals surface area contributed by atoms with Crippen LogP contribution >= 0.6 is 23.2 Å². The van der Waals surface area contributed by atoms with Crippen LogP contribution in [0.15, 0.2) is 36.7 Å². The van der Waals surface area contributed by atoms with Gasteiger partial charge in [0.1, 0.15) is 5.82 Å². The van der Waals surface area contributed by atoms with Gasteiger partial charge in [-0.05, 0) is 30.7 Å². The minimum Gasteiger partial charge on any atom is -0.367 e. The summed E-state index contributed by atoms with van der Waals surface area (Å²) in [5, 5.41) is 1.09. The molecule has 0 saturated carbocycles. The molecule has 0 aliphatic rings. The summed E-state index contributed by atoms with van der Waals surface area (Å²) in [6, 6.07) is 7.60. The molecular formula is C15H13Cl2N3. The van der Waals surface area contributed by atoms with Crippen molar-refractivity contribution in [1.29, 1.82) is 0 Å². The molecule has 0 aliphatic heterocycles. The van der Waals surface area contributed by atoms with Crippen molar-refractivity contribution in [3.8, 4) is 11.3 Å². The Morgan fingerprint density at radius 3 is 2.70 bits per heavy atom. The minimum atomic E-state index is 0.541. The van der Waals surface area contributed by atoms with Crippen LogP contribution in [0.3, 0.4) is 0 Å². The fourth-order valence-corrected chi connectivity index (χ4v) is 2.49. The van der Waals surface area contributed by atoms with Crippen LogP contribution in [0.1, 0.15) is 17.1 Å². The van der Waals surface area contributed by atoms with Crippen LogP contribution in [-0.4, -0.2) is 15.0 Å². The van der Waals surface area contributed by atoms with Crippen molar-refractivity contribution in [1.82, 2.24) is 15.0 Å². The number of hydrogen-bond donors (Lipinski definition) is 2. The van der Waals surface area contributed by atoms with Crippen molar-refractivity contribution in [2.75, 3.05) is 0 Å².